The first kappa shape index (κ1) is 10.6. The number of nitrogens with zero attached hydrogens (tertiary/aromatic N) is 1. The first-order valence-electron chi connectivity index (χ1n) is 3.58. The van der Waals surface area contributed by atoms with Crippen LogP contribution in [0.4, 0.5) is 10.1 Å². The fourth-order valence-electron chi connectivity index (χ4n) is 1.09. The topological polar surface area (TPSA) is 60.2 Å². The van der Waals surface area contributed by atoms with Gasteiger partial charge in [-0.3, -0.25) is 14.9 Å². The summed E-state index contributed by atoms with van der Waals surface area (Å²) in [6.45, 7) is 1.45. The van der Waals surface area contributed by atoms with E-state index in [0.717, 1.165) is 6.07 Å². The van der Waals surface area contributed by atoms with Crippen molar-refractivity contribution in [2.45, 2.75) is 6.92 Å². The number of carbonyl (C=O) groups excluding carboxylic acids is 1. The van der Waals surface area contributed by atoms with E-state index in [-0.39, 0.29) is 5.56 Å². The molecule has 0 unspecified atom stereocenters. The Labute approximate surface area is 83.4 Å². The van der Waals surface area contributed by atoms with Crippen LogP contribution in [0.3, 0.4) is 0 Å². The van der Waals surface area contributed by atoms with Crippen molar-refractivity contribution in [3.63, 3.8) is 0 Å². The van der Waals surface area contributed by atoms with Crippen molar-refractivity contribution in [1.82, 2.24) is 0 Å². The summed E-state index contributed by atoms with van der Waals surface area (Å²) in [7, 11) is 0. The summed E-state index contributed by atoms with van der Waals surface area (Å²) in [6.07, 6.45) is 0. The van der Waals surface area contributed by atoms with Crippen molar-refractivity contribution in [2.75, 3.05) is 0 Å². The highest BCUT2D eigenvalue weighted by Crippen LogP contribution is 2.26. The molecule has 0 radical (unpaired) electrons. The van der Waals surface area contributed by atoms with Gasteiger partial charge in [0.15, 0.2) is 0 Å². The van der Waals surface area contributed by atoms with E-state index in [2.05, 4.69) is 0 Å². The van der Waals surface area contributed by atoms with Crippen LogP contribution in [0.15, 0.2) is 12.1 Å². The Morgan fingerprint density at radius 2 is 2.14 bits per heavy atom. The summed E-state index contributed by atoms with van der Waals surface area (Å²) in [4.78, 5) is 20.3. The van der Waals surface area contributed by atoms with Crippen molar-refractivity contribution in [3.05, 3.63) is 39.2 Å². The molecule has 0 spiro atoms. The lowest BCUT2D eigenvalue weighted by Crippen LogP contribution is -2.03. The monoisotopic (exact) mass is 217 g/mol. The first-order valence-corrected chi connectivity index (χ1v) is 3.96. The lowest BCUT2D eigenvalue weighted by atomic mass is 10.1. The molecule has 74 valence electrons. The molecule has 1 aromatic carbocycles. The molecule has 0 aliphatic heterocycles. The summed E-state index contributed by atoms with van der Waals surface area (Å²) in [6, 6.07) is 2.19. The smallest absolute Gasteiger partial charge is 0.275 e. The molecule has 0 N–H and O–H groups in total. The van der Waals surface area contributed by atoms with E-state index in [1.54, 1.807) is 0 Å². The average Bonchev–Trinajstić information content (AvgIpc) is 2.07. The van der Waals surface area contributed by atoms with Crippen LogP contribution in [0.1, 0.15) is 15.9 Å². The Hall–Kier alpha value is -1.49. The zero-order valence-corrected chi connectivity index (χ0v) is 7.84. The molecule has 0 atom stereocenters. The number of aryl methyl sites for hydroxylation is 1. The molecule has 14 heavy (non-hydrogen) atoms. The molecule has 0 bridgehead atoms. The highest BCUT2D eigenvalue weighted by molar-refractivity contribution is 6.68. The molecule has 0 aliphatic rings. The molecule has 0 fully saturated rings. The van der Waals surface area contributed by atoms with Gasteiger partial charge in [0, 0.05) is 0 Å². The van der Waals surface area contributed by atoms with Gasteiger partial charge in [-0.25, -0.2) is 0 Å². The van der Waals surface area contributed by atoms with E-state index >= 15 is 0 Å². The maximum Gasteiger partial charge on any atom is 0.317 e. The number of nitro benzene ring substituents is 1. The highest BCUT2D eigenvalue weighted by atomic mass is 35.5. The summed E-state index contributed by atoms with van der Waals surface area (Å²) >= 11 is 5.12. The van der Waals surface area contributed by atoms with Gasteiger partial charge in [-0.1, -0.05) is 6.07 Å². The molecular weight excluding hydrogens is 213 g/mol. The van der Waals surface area contributed by atoms with E-state index in [4.69, 9.17) is 11.6 Å². The van der Waals surface area contributed by atoms with Crippen molar-refractivity contribution < 1.29 is 14.1 Å². The van der Waals surface area contributed by atoms with Crippen LogP contribution in [-0.4, -0.2) is 10.2 Å². The molecule has 0 heterocycles. The SMILES string of the molecule is Cc1ccc(F)c([N+](=O)[O-])c1C(=O)Cl. The molecule has 0 aromatic heterocycles. The maximum absolute atomic E-state index is 13.0. The molecule has 6 heteroatoms. The van der Waals surface area contributed by atoms with Crippen molar-refractivity contribution in [1.29, 1.82) is 0 Å². The van der Waals surface area contributed by atoms with Gasteiger partial charge in [0.05, 0.1) is 4.92 Å². The zero-order chi connectivity index (χ0) is 10.9. The molecule has 0 amide bonds. The average molecular weight is 218 g/mol. The second-order valence-corrected chi connectivity index (χ2v) is 2.96. The summed E-state index contributed by atoms with van der Waals surface area (Å²) in [5, 5.41) is 9.42. The van der Waals surface area contributed by atoms with Gasteiger partial charge in [0.2, 0.25) is 5.82 Å². The Kier molecular flexibility index (Phi) is 2.81. The normalized spacial score (nSPS) is 9.93. The van der Waals surface area contributed by atoms with Crippen LogP contribution >= 0.6 is 11.6 Å². The minimum atomic E-state index is -1.07. The number of hydrogen-bond donors (Lipinski definition) is 0. The van der Waals surface area contributed by atoms with Gasteiger partial charge >= 0.3 is 5.69 Å². The van der Waals surface area contributed by atoms with Crippen molar-refractivity contribution in [3.8, 4) is 0 Å². The molecule has 0 saturated carbocycles. The quantitative estimate of drug-likeness (QED) is 0.434. The van der Waals surface area contributed by atoms with E-state index in [0.29, 0.717) is 0 Å². The maximum atomic E-state index is 13.0. The zero-order valence-electron chi connectivity index (χ0n) is 7.08. The Morgan fingerprint density at radius 1 is 1.57 bits per heavy atom. The van der Waals surface area contributed by atoms with Crippen LogP contribution < -0.4 is 0 Å². The van der Waals surface area contributed by atoms with E-state index in [1.807, 2.05) is 0 Å². The standard InChI is InChI=1S/C8H5ClFNO3/c1-4-2-3-5(10)7(11(13)14)6(4)8(9)12/h2-3H,1H3. The highest BCUT2D eigenvalue weighted by Gasteiger charge is 2.25. The number of benzene rings is 1. The number of carbonyl (C=O) groups is 1. The Bertz CT molecular complexity index is 380. The number of halogens is 2. The molecular formula is C8H5ClFNO3. The molecule has 1 rings (SSSR count). The van der Waals surface area contributed by atoms with Gasteiger partial charge in [0.25, 0.3) is 5.24 Å². The summed E-state index contributed by atoms with van der Waals surface area (Å²) in [5.41, 5.74) is -0.986. The lowest BCUT2D eigenvalue weighted by Gasteiger charge is -2.02. The van der Waals surface area contributed by atoms with Gasteiger partial charge in [0.1, 0.15) is 5.56 Å². The largest absolute Gasteiger partial charge is 0.317 e. The van der Waals surface area contributed by atoms with Crippen molar-refractivity contribution >= 4 is 22.5 Å². The lowest BCUT2D eigenvalue weighted by molar-refractivity contribution is -0.387. The second-order valence-electron chi connectivity index (χ2n) is 2.62. The van der Waals surface area contributed by atoms with Crippen LogP contribution in [0.5, 0.6) is 0 Å². The minimum Gasteiger partial charge on any atom is -0.275 e. The van der Waals surface area contributed by atoms with Gasteiger partial charge in [-0.05, 0) is 30.2 Å². The molecule has 4 nitrogen and oxygen atoms in total. The number of nitro groups is 1. The Balaban J connectivity index is 3.58. The molecule has 1 aromatic rings. The summed E-state index contributed by atoms with van der Waals surface area (Å²) in [5.74, 6) is -1.07. The predicted octanol–water partition coefficient (Wildman–Crippen LogP) is 2.42. The van der Waals surface area contributed by atoms with Crippen LogP contribution in [0.2, 0.25) is 0 Å². The first-order chi connectivity index (χ1) is 6.45. The van der Waals surface area contributed by atoms with Gasteiger partial charge < -0.3 is 0 Å². The van der Waals surface area contributed by atoms with E-state index < -0.39 is 27.2 Å². The van der Waals surface area contributed by atoms with Gasteiger partial charge in [-0.2, -0.15) is 4.39 Å². The second kappa shape index (κ2) is 3.71. The third-order valence-corrected chi connectivity index (χ3v) is 1.91. The van der Waals surface area contributed by atoms with Crippen LogP contribution in [-0.2, 0) is 0 Å². The fraction of sp³-hybridized carbons (Fsp3) is 0.125. The molecule has 0 aliphatic carbocycles. The number of hydrogen-bond acceptors (Lipinski definition) is 3. The van der Waals surface area contributed by atoms with Crippen molar-refractivity contribution in [2.24, 2.45) is 0 Å². The summed E-state index contributed by atoms with van der Waals surface area (Å²) < 4.78 is 13.0. The van der Waals surface area contributed by atoms with E-state index in [9.17, 15) is 19.3 Å². The minimum absolute atomic E-state index is 0.276. The third kappa shape index (κ3) is 1.72. The predicted molar refractivity (Wildman–Crippen MR) is 48.0 cm³/mol. The molecule has 0 saturated heterocycles. The fourth-order valence-corrected chi connectivity index (χ4v) is 1.33. The van der Waals surface area contributed by atoms with Crippen LogP contribution in [0.25, 0.3) is 0 Å². The Morgan fingerprint density at radius 3 is 2.50 bits per heavy atom. The van der Waals surface area contributed by atoms with Crippen LogP contribution in [0, 0.1) is 22.9 Å². The van der Waals surface area contributed by atoms with E-state index in [1.165, 1.54) is 13.0 Å². The third-order valence-electron chi connectivity index (χ3n) is 1.72. The van der Waals surface area contributed by atoms with Gasteiger partial charge in [-0.15, -0.1) is 0 Å². The number of rotatable bonds is 2.